The van der Waals surface area contributed by atoms with E-state index in [1.165, 1.54) is 51.7 Å². The van der Waals surface area contributed by atoms with Crippen molar-refractivity contribution in [3.05, 3.63) is 0 Å². The lowest BCUT2D eigenvalue weighted by molar-refractivity contribution is 0.234. The third-order valence-corrected chi connectivity index (χ3v) is 3.94. The molecule has 15 heavy (non-hydrogen) atoms. The highest BCUT2D eigenvalue weighted by molar-refractivity contribution is 4.77. The average Bonchev–Trinajstić information content (AvgIpc) is 2.21. The van der Waals surface area contributed by atoms with Gasteiger partial charge in [-0.15, -0.1) is 0 Å². The molecule has 1 aliphatic rings. The van der Waals surface area contributed by atoms with Crippen molar-refractivity contribution in [2.75, 3.05) is 26.7 Å². The third kappa shape index (κ3) is 4.52. The SMILES string of the molecule is CCN(CC)CCC(CC1CCC1)NC. The standard InChI is InChI=1S/C13H28N2/c1-4-15(5-2)10-9-13(14-3)11-12-7-6-8-12/h12-14H,4-11H2,1-3H3. The molecule has 1 N–H and O–H groups in total. The zero-order chi connectivity index (χ0) is 11.1. The second-order valence-corrected chi connectivity index (χ2v) is 4.83. The van der Waals surface area contributed by atoms with Crippen LogP contribution in [-0.2, 0) is 0 Å². The smallest absolute Gasteiger partial charge is 0.00788 e. The summed E-state index contributed by atoms with van der Waals surface area (Å²) in [4.78, 5) is 2.52. The first-order valence-electron chi connectivity index (χ1n) is 6.69. The summed E-state index contributed by atoms with van der Waals surface area (Å²) < 4.78 is 0. The van der Waals surface area contributed by atoms with Gasteiger partial charge in [0.2, 0.25) is 0 Å². The summed E-state index contributed by atoms with van der Waals surface area (Å²) in [6.45, 7) is 8.14. The molecule has 0 spiro atoms. The van der Waals surface area contributed by atoms with Crippen molar-refractivity contribution in [1.29, 1.82) is 0 Å². The van der Waals surface area contributed by atoms with Gasteiger partial charge in [0.1, 0.15) is 0 Å². The minimum absolute atomic E-state index is 0.746. The van der Waals surface area contributed by atoms with Gasteiger partial charge >= 0.3 is 0 Å². The van der Waals surface area contributed by atoms with Crippen molar-refractivity contribution in [3.8, 4) is 0 Å². The van der Waals surface area contributed by atoms with Gasteiger partial charge in [-0.3, -0.25) is 0 Å². The Labute approximate surface area is 95.4 Å². The zero-order valence-corrected chi connectivity index (χ0v) is 10.8. The first-order chi connectivity index (χ1) is 7.30. The maximum absolute atomic E-state index is 3.48. The predicted molar refractivity (Wildman–Crippen MR) is 67.2 cm³/mol. The van der Waals surface area contributed by atoms with Crippen molar-refractivity contribution in [2.45, 2.75) is 52.0 Å². The molecule has 1 unspecified atom stereocenters. The molecule has 0 aromatic rings. The first-order valence-corrected chi connectivity index (χ1v) is 6.69. The molecule has 0 aromatic carbocycles. The molecular weight excluding hydrogens is 184 g/mol. The van der Waals surface area contributed by atoms with Crippen LogP contribution in [0.4, 0.5) is 0 Å². The minimum Gasteiger partial charge on any atom is -0.317 e. The molecule has 1 fully saturated rings. The Morgan fingerprint density at radius 2 is 1.93 bits per heavy atom. The molecule has 1 aliphatic carbocycles. The van der Waals surface area contributed by atoms with E-state index in [2.05, 4.69) is 31.1 Å². The Balaban J connectivity index is 2.14. The van der Waals surface area contributed by atoms with E-state index in [1.807, 2.05) is 0 Å². The number of nitrogens with zero attached hydrogens (tertiary/aromatic N) is 1. The summed E-state index contributed by atoms with van der Waals surface area (Å²) >= 11 is 0. The van der Waals surface area contributed by atoms with Gasteiger partial charge in [0.05, 0.1) is 0 Å². The summed E-state index contributed by atoms with van der Waals surface area (Å²) in [5.74, 6) is 1.03. The quantitative estimate of drug-likeness (QED) is 0.665. The van der Waals surface area contributed by atoms with Gasteiger partial charge < -0.3 is 10.2 Å². The van der Waals surface area contributed by atoms with Crippen LogP contribution in [0.15, 0.2) is 0 Å². The fraction of sp³-hybridized carbons (Fsp3) is 1.00. The van der Waals surface area contributed by atoms with Gasteiger partial charge in [-0.05, 0) is 45.4 Å². The highest BCUT2D eigenvalue weighted by Gasteiger charge is 2.21. The topological polar surface area (TPSA) is 15.3 Å². The van der Waals surface area contributed by atoms with Crippen LogP contribution in [0.1, 0.15) is 46.0 Å². The van der Waals surface area contributed by atoms with Crippen LogP contribution in [0.25, 0.3) is 0 Å². The fourth-order valence-corrected chi connectivity index (χ4v) is 2.39. The van der Waals surface area contributed by atoms with Gasteiger partial charge in [-0.2, -0.15) is 0 Å². The molecule has 1 rings (SSSR count). The van der Waals surface area contributed by atoms with E-state index in [0.717, 1.165) is 12.0 Å². The minimum atomic E-state index is 0.746. The van der Waals surface area contributed by atoms with Crippen LogP contribution in [0.2, 0.25) is 0 Å². The molecule has 1 saturated carbocycles. The lowest BCUT2D eigenvalue weighted by Crippen LogP contribution is -2.34. The molecule has 0 radical (unpaired) electrons. The highest BCUT2D eigenvalue weighted by Crippen LogP contribution is 2.30. The van der Waals surface area contributed by atoms with E-state index >= 15 is 0 Å². The van der Waals surface area contributed by atoms with E-state index in [1.54, 1.807) is 0 Å². The van der Waals surface area contributed by atoms with Gasteiger partial charge in [-0.1, -0.05) is 33.1 Å². The molecule has 0 aromatic heterocycles. The van der Waals surface area contributed by atoms with Gasteiger partial charge in [0.25, 0.3) is 0 Å². The first kappa shape index (κ1) is 13.0. The molecule has 0 amide bonds. The van der Waals surface area contributed by atoms with Crippen LogP contribution >= 0.6 is 0 Å². The largest absolute Gasteiger partial charge is 0.317 e. The Morgan fingerprint density at radius 3 is 2.33 bits per heavy atom. The number of hydrogen-bond acceptors (Lipinski definition) is 2. The van der Waals surface area contributed by atoms with E-state index in [9.17, 15) is 0 Å². The van der Waals surface area contributed by atoms with Crippen molar-refractivity contribution < 1.29 is 0 Å². The average molecular weight is 212 g/mol. The summed E-state index contributed by atoms with van der Waals surface area (Å²) in [7, 11) is 2.12. The second-order valence-electron chi connectivity index (χ2n) is 4.83. The molecule has 0 saturated heterocycles. The van der Waals surface area contributed by atoms with Crippen molar-refractivity contribution >= 4 is 0 Å². The lowest BCUT2D eigenvalue weighted by Gasteiger charge is -2.30. The van der Waals surface area contributed by atoms with Crippen LogP contribution < -0.4 is 5.32 Å². The van der Waals surface area contributed by atoms with Gasteiger partial charge in [0, 0.05) is 6.04 Å². The predicted octanol–water partition coefficient (Wildman–Crippen LogP) is 2.50. The van der Waals surface area contributed by atoms with E-state index < -0.39 is 0 Å². The molecule has 0 heterocycles. The molecule has 0 bridgehead atoms. The Morgan fingerprint density at radius 1 is 1.27 bits per heavy atom. The monoisotopic (exact) mass is 212 g/mol. The molecule has 2 nitrogen and oxygen atoms in total. The van der Waals surface area contributed by atoms with Crippen molar-refractivity contribution in [3.63, 3.8) is 0 Å². The maximum atomic E-state index is 3.48. The van der Waals surface area contributed by atoms with E-state index in [-0.39, 0.29) is 0 Å². The third-order valence-electron chi connectivity index (χ3n) is 3.94. The van der Waals surface area contributed by atoms with Gasteiger partial charge in [-0.25, -0.2) is 0 Å². The zero-order valence-electron chi connectivity index (χ0n) is 10.8. The number of hydrogen-bond donors (Lipinski definition) is 1. The summed E-state index contributed by atoms with van der Waals surface area (Å²) in [6, 6.07) is 0.746. The fourth-order valence-electron chi connectivity index (χ4n) is 2.39. The second kappa shape index (κ2) is 7.24. The Hall–Kier alpha value is -0.0800. The number of nitrogens with one attached hydrogen (secondary N) is 1. The molecule has 1 atom stereocenters. The molecule has 2 heteroatoms. The van der Waals surface area contributed by atoms with E-state index in [4.69, 9.17) is 0 Å². The summed E-state index contributed by atoms with van der Waals surface area (Å²) in [5, 5.41) is 3.48. The molecule has 0 aliphatic heterocycles. The lowest BCUT2D eigenvalue weighted by atomic mass is 9.80. The Kier molecular flexibility index (Phi) is 6.26. The maximum Gasteiger partial charge on any atom is 0.00788 e. The van der Waals surface area contributed by atoms with Crippen LogP contribution in [0.5, 0.6) is 0 Å². The number of rotatable bonds is 8. The van der Waals surface area contributed by atoms with Gasteiger partial charge in [0.15, 0.2) is 0 Å². The van der Waals surface area contributed by atoms with Crippen LogP contribution in [-0.4, -0.2) is 37.6 Å². The Bertz CT molecular complexity index is 151. The summed E-state index contributed by atoms with van der Waals surface area (Å²) in [6.07, 6.45) is 7.14. The van der Waals surface area contributed by atoms with Crippen LogP contribution in [0.3, 0.4) is 0 Å². The van der Waals surface area contributed by atoms with Crippen LogP contribution in [0, 0.1) is 5.92 Å². The highest BCUT2D eigenvalue weighted by atomic mass is 15.1. The molecular formula is C13H28N2. The summed E-state index contributed by atoms with van der Waals surface area (Å²) in [5.41, 5.74) is 0. The molecule has 90 valence electrons. The van der Waals surface area contributed by atoms with E-state index in [0.29, 0.717) is 0 Å². The normalized spacial score (nSPS) is 19.2. The van der Waals surface area contributed by atoms with Crippen molar-refractivity contribution in [1.82, 2.24) is 10.2 Å². The van der Waals surface area contributed by atoms with Crippen molar-refractivity contribution in [2.24, 2.45) is 5.92 Å².